The SMILES string of the molecule is COc1ccccc1N1CCN(CC(=O)Nc2ccccc2C)C1=O. The molecular weight excluding hydrogens is 318 g/mol. The number of nitrogens with one attached hydrogen (secondary N) is 1. The van der Waals surface area contributed by atoms with Crippen LogP contribution in [-0.4, -0.2) is 43.6 Å². The average Bonchev–Trinajstić information content (AvgIpc) is 2.97. The maximum Gasteiger partial charge on any atom is 0.325 e. The van der Waals surface area contributed by atoms with Crippen LogP contribution in [0.25, 0.3) is 0 Å². The number of carbonyl (C=O) groups is 2. The zero-order chi connectivity index (χ0) is 17.8. The minimum Gasteiger partial charge on any atom is -0.495 e. The Hall–Kier alpha value is -3.02. The van der Waals surface area contributed by atoms with Crippen molar-refractivity contribution in [1.29, 1.82) is 0 Å². The molecule has 2 aromatic rings. The lowest BCUT2D eigenvalue weighted by molar-refractivity contribution is -0.116. The third kappa shape index (κ3) is 3.57. The van der Waals surface area contributed by atoms with Crippen LogP contribution in [0.5, 0.6) is 5.75 Å². The van der Waals surface area contributed by atoms with Crippen molar-refractivity contribution < 1.29 is 14.3 Å². The molecule has 0 bridgehead atoms. The highest BCUT2D eigenvalue weighted by Gasteiger charge is 2.32. The van der Waals surface area contributed by atoms with Crippen LogP contribution in [0.3, 0.4) is 0 Å². The molecule has 1 fully saturated rings. The van der Waals surface area contributed by atoms with Gasteiger partial charge in [-0.2, -0.15) is 0 Å². The normalized spacial score (nSPS) is 13.9. The van der Waals surface area contributed by atoms with Gasteiger partial charge < -0.3 is 15.0 Å². The number of amides is 3. The number of nitrogens with zero attached hydrogens (tertiary/aromatic N) is 2. The molecule has 0 aliphatic carbocycles. The molecule has 6 heteroatoms. The van der Waals surface area contributed by atoms with Crippen molar-refractivity contribution in [2.24, 2.45) is 0 Å². The molecule has 25 heavy (non-hydrogen) atoms. The number of carbonyl (C=O) groups excluding carboxylic acids is 2. The van der Waals surface area contributed by atoms with Gasteiger partial charge in [0.1, 0.15) is 12.3 Å². The van der Waals surface area contributed by atoms with Crippen molar-refractivity contribution in [2.45, 2.75) is 6.92 Å². The van der Waals surface area contributed by atoms with Crippen molar-refractivity contribution in [3.8, 4) is 5.75 Å². The first-order valence-electron chi connectivity index (χ1n) is 8.15. The van der Waals surface area contributed by atoms with Crippen molar-refractivity contribution in [3.05, 3.63) is 54.1 Å². The summed E-state index contributed by atoms with van der Waals surface area (Å²) < 4.78 is 5.32. The van der Waals surface area contributed by atoms with E-state index < -0.39 is 0 Å². The Balaban J connectivity index is 1.66. The third-order valence-corrected chi connectivity index (χ3v) is 4.22. The number of ether oxygens (including phenoxy) is 1. The lowest BCUT2D eigenvalue weighted by Crippen LogP contribution is -2.37. The Morgan fingerprint density at radius 1 is 1.12 bits per heavy atom. The van der Waals surface area contributed by atoms with Crippen LogP contribution >= 0.6 is 0 Å². The third-order valence-electron chi connectivity index (χ3n) is 4.22. The maximum atomic E-state index is 12.6. The van der Waals surface area contributed by atoms with E-state index in [4.69, 9.17) is 4.74 Å². The summed E-state index contributed by atoms with van der Waals surface area (Å²) in [6, 6.07) is 14.7. The van der Waals surface area contributed by atoms with Gasteiger partial charge in [-0.3, -0.25) is 9.69 Å². The number of hydrogen-bond acceptors (Lipinski definition) is 3. The van der Waals surface area contributed by atoms with Crippen molar-refractivity contribution in [2.75, 3.05) is 37.0 Å². The summed E-state index contributed by atoms with van der Waals surface area (Å²) in [5.74, 6) is 0.437. The van der Waals surface area contributed by atoms with E-state index in [1.54, 1.807) is 16.9 Å². The van der Waals surface area contributed by atoms with Gasteiger partial charge in [0.25, 0.3) is 0 Å². The molecule has 0 saturated carbocycles. The lowest BCUT2D eigenvalue weighted by atomic mass is 10.2. The molecular formula is C19H21N3O3. The van der Waals surface area contributed by atoms with E-state index in [2.05, 4.69) is 5.32 Å². The van der Waals surface area contributed by atoms with Gasteiger partial charge in [0, 0.05) is 18.8 Å². The molecule has 3 amide bonds. The monoisotopic (exact) mass is 339 g/mol. The number of urea groups is 1. The highest BCUT2D eigenvalue weighted by molar-refractivity contribution is 6.00. The first-order valence-corrected chi connectivity index (χ1v) is 8.15. The van der Waals surface area contributed by atoms with Gasteiger partial charge in [-0.15, -0.1) is 0 Å². The number of rotatable bonds is 5. The summed E-state index contributed by atoms with van der Waals surface area (Å²) >= 11 is 0. The van der Waals surface area contributed by atoms with Crippen molar-refractivity contribution >= 4 is 23.3 Å². The molecule has 0 radical (unpaired) electrons. The lowest BCUT2D eigenvalue weighted by Gasteiger charge is -2.20. The number of aryl methyl sites for hydroxylation is 1. The second kappa shape index (κ2) is 7.25. The Morgan fingerprint density at radius 3 is 2.60 bits per heavy atom. The van der Waals surface area contributed by atoms with Gasteiger partial charge in [0.2, 0.25) is 5.91 Å². The summed E-state index contributed by atoms with van der Waals surface area (Å²) in [7, 11) is 1.58. The fourth-order valence-corrected chi connectivity index (χ4v) is 2.88. The number of methoxy groups -OCH3 is 1. The second-order valence-electron chi connectivity index (χ2n) is 5.89. The van der Waals surface area contributed by atoms with Crippen LogP contribution in [0.4, 0.5) is 16.2 Å². The summed E-state index contributed by atoms with van der Waals surface area (Å²) in [4.78, 5) is 28.1. The number of hydrogen-bond donors (Lipinski definition) is 1. The van der Waals surface area contributed by atoms with Crippen LogP contribution in [0.1, 0.15) is 5.56 Å². The quantitative estimate of drug-likeness (QED) is 0.911. The predicted molar refractivity (Wildman–Crippen MR) is 97.1 cm³/mol. The molecule has 0 aromatic heterocycles. The highest BCUT2D eigenvalue weighted by Crippen LogP contribution is 2.30. The number of anilines is 2. The Bertz CT molecular complexity index is 791. The fourth-order valence-electron chi connectivity index (χ4n) is 2.88. The Kier molecular flexibility index (Phi) is 4.88. The van der Waals surface area contributed by atoms with Gasteiger partial charge in [-0.1, -0.05) is 30.3 Å². The van der Waals surface area contributed by atoms with Crippen LogP contribution in [0, 0.1) is 6.92 Å². The minimum atomic E-state index is -0.204. The van der Waals surface area contributed by atoms with Gasteiger partial charge >= 0.3 is 6.03 Å². The average molecular weight is 339 g/mol. The maximum absolute atomic E-state index is 12.6. The minimum absolute atomic E-state index is 0.0266. The molecule has 1 aliphatic heterocycles. The van der Waals surface area contributed by atoms with E-state index in [0.717, 1.165) is 16.9 Å². The summed E-state index contributed by atoms with van der Waals surface area (Å²) in [5.41, 5.74) is 2.47. The molecule has 0 atom stereocenters. The van der Waals surface area contributed by atoms with E-state index in [9.17, 15) is 9.59 Å². The van der Waals surface area contributed by atoms with E-state index >= 15 is 0 Å². The molecule has 1 saturated heterocycles. The Labute approximate surface area is 147 Å². The summed E-state index contributed by atoms with van der Waals surface area (Å²) in [6.07, 6.45) is 0. The van der Waals surface area contributed by atoms with Gasteiger partial charge in [-0.25, -0.2) is 4.79 Å². The van der Waals surface area contributed by atoms with Crippen LogP contribution < -0.4 is 15.0 Å². The number of para-hydroxylation sites is 3. The van der Waals surface area contributed by atoms with Gasteiger partial charge in [0.15, 0.2) is 0 Å². The van der Waals surface area contributed by atoms with E-state index in [0.29, 0.717) is 18.8 Å². The number of benzene rings is 2. The topological polar surface area (TPSA) is 61.9 Å². The Morgan fingerprint density at radius 2 is 1.84 bits per heavy atom. The zero-order valence-corrected chi connectivity index (χ0v) is 14.4. The van der Waals surface area contributed by atoms with Crippen LogP contribution in [-0.2, 0) is 4.79 Å². The van der Waals surface area contributed by atoms with Crippen LogP contribution in [0.15, 0.2) is 48.5 Å². The molecule has 6 nitrogen and oxygen atoms in total. The molecule has 2 aromatic carbocycles. The molecule has 1 heterocycles. The molecule has 1 N–H and O–H groups in total. The van der Waals surface area contributed by atoms with Gasteiger partial charge in [-0.05, 0) is 30.7 Å². The summed E-state index contributed by atoms with van der Waals surface area (Å²) in [5, 5.41) is 2.86. The zero-order valence-electron chi connectivity index (χ0n) is 14.4. The van der Waals surface area contributed by atoms with Crippen LogP contribution in [0.2, 0.25) is 0 Å². The smallest absolute Gasteiger partial charge is 0.325 e. The van der Waals surface area contributed by atoms with Crippen molar-refractivity contribution in [1.82, 2.24) is 4.90 Å². The first-order chi connectivity index (χ1) is 12.1. The fraction of sp³-hybridized carbons (Fsp3) is 0.263. The molecule has 3 rings (SSSR count). The van der Waals surface area contributed by atoms with Gasteiger partial charge in [0.05, 0.1) is 12.8 Å². The molecule has 1 aliphatic rings. The van der Waals surface area contributed by atoms with Crippen molar-refractivity contribution in [3.63, 3.8) is 0 Å². The van der Waals surface area contributed by atoms with E-state index in [-0.39, 0.29) is 18.5 Å². The second-order valence-corrected chi connectivity index (χ2v) is 5.89. The summed E-state index contributed by atoms with van der Waals surface area (Å²) in [6.45, 7) is 2.98. The molecule has 0 spiro atoms. The first kappa shape index (κ1) is 16.8. The largest absolute Gasteiger partial charge is 0.495 e. The standard InChI is InChI=1S/C19H21N3O3/c1-14-7-3-4-8-15(14)20-18(23)13-21-11-12-22(19(21)24)16-9-5-6-10-17(16)25-2/h3-10H,11-13H2,1-2H3,(H,20,23). The molecule has 0 unspecified atom stereocenters. The van der Waals surface area contributed by atoms with E-state index in [1.807, 2.05) is 55.5 Å². The molecule has 130 valence electrons. The van der Waals surface area contributed by atoms with E-state index in [1.165, 1.54) is 0 Å². The predicted octanol–water partition coefficient (Wildman–Crippen LogP) is 2.88. The highest BCUT2D eigenvalue weighted by atomic mass is 16.5.